The summed E-state index contributed by atoms with van der Waals surface area (Å²) >= 11 is 0. The predicted molar refractivity (Wildman–Crippen MR) is 80.1 cm³/mol. The molecule has 2 atom stereocenters. The van der Waals surface area contributed by atoms with Crippen LogP contribution in [0.1, 0.15) is 25.3 Å². The highest BCUT2D eigenvalue weighted by Gasteiger charge is 2.33. The quantitative estimate of drug-likeness (QED) is 0.488. The largest absolute Gasteiger partial charge is 0.633 e. The minimum atomic E-state index is -0.312. The van der Waals surface area contributed by atoms with E-state index in [1.54, 1.807) is 6.92 Å². The molecule has 4 nitrogen and oxygen atoms in total. The first-order valence-corrected chi connectivity index (χ1v) is 6.90. The average Bonchev–Trinajstić information content (AvgIpc) is 2.39. The molecule has 0 aliphatic carbocycles. The molecular formula is C15H22ClNO3. The van der Waals surface area contributed by atoms with Crippen LogP contribution in [0.5, 0.6) is 0 Å². The van der Waals surface area contributed by atoms with Crippen LogP contribution in [0.3, 0.4) is 0 Å². The lowest BCUT2D eigenvalue weighted by atomic mass is 9.97. The Bertz CT molecular complexity index is 426. The van der Waals surface area contributed by atoms with E-state index in [4.69, 9.17) is 4.74 Å². The van der Waals surface area contributed by atoms with Gasteiger partial charge in [-0.05, 0) is 19.8 Å². The lowest BCUT2D eigenvalue weighted by molar-refractivity contribution is -0.901. The lowest BCUT2D eigenvalue weighted by Crippen LogP contribution is -2.50. The van der Waals surface area contributed by atoms with E-state index in [-0.39, 0.29) is 28.9 Å². The maximum Gasteiger partial charge on any atom is 0.314 e. The lowest BCUT2D eigenvalue weighted by Gasteiger charge is -2.47. The van der Waals surface area contributed by atoms with Crippen LogP contribution in [0, 0.1) is 11.1 Å². The molecule has 2 rings (SSSR count). The van der Waals surface area contributed by atoms with Crippen molar-refractivity contribution >= 4 is 18.4 Å². The molecule has 0 spiro atoms. The third-order valence-corrected chi connectivity index (χ3v) is 3.60. The Morgan fingerprint density at radius 3 is 2.75 bits per heavy atom. The first-order valence-electron chi connectivity index (χ1n) is 6.90. The van der Waals surface area contributed by atoms with Crippen LogP contribution in [0.25, 0.3) is 0 Å². The number of piperidine rings is 1. The van der Waals surface area contributed by atoms with Crippen molar-refractivity contribution in [2.24, 2.45) is 5.92 Å². The van der Waals surface area contributed by atoms with Gasteiger partial charge in [-0.2, -0.15) is 0 Å². The minimum Gasteiger partial charge on any atom is -0.633 e. The van der Waals surface area contributed by atoms with Gasteiger partial charge in [0.05, 0.1) is 19.7 Å². The van der Waals surface area contributed by atoms with Crippen molar-refractivity contribution in [3.05, 3.63) is 41.1 Å². The molecule has 1 aliphatic rings. The molecule has 5 heteroatoms. The standard InChI is InChI=1S/C15H21NO3.ClH/c1-2-19-15(17)14-9-6-10-16(18,12-14)11-13-7-4-3-5-8-13;/h3-5,7-8,14H,2,6,9-12H2,1H3;1H. The molecule has 0 saturated carbocycles. The van der Waals surface area contributed by atoms with Gasteiger partial charge in [0.1, 0.15) is 12.5 Å². The third kappa shape index (κ3) is 4.47. The van der Waals surface area contributed by atoms with Gasteiger partial charge in [-0.1, -0.05) is 30.3 Å². The molecule has 1 aromatic carbocycles. The van der Waals surface area contributed by atoms with Gasteiger partial charge in [0.15, 0.2) is 0 Å². The zero-order valence-electron chi connectivity index (χ0n) is 11.8. The highest BCUT2D eigenvalue weighted by Crippen LogP contribution is 2.26. The number of hydrogen-bond acceptors (Lipinski definition) is 3. The number of ether oxygens (including phenoxy) is 1. The number of benzene rings is 1. The molecule has 0 bridgehead atoms. The van der Waals surface area contributed by atoms with Gasteiger partial charge in [-0.15, -0.1) is 12.4 Å². The second-order valence-corrected chi connectivity index (χ2v) is 5.20. The van der Waals surface area contributed by atoms with E-state index >= 15 is 0 Å². The maximum atomic E-state index is 12.7. The normalized spacial score (nSPS) is 25.6. The SMILES string of the molecule is CCOC(=O)C1CCC[N+]([O-])(Cc2ccccc2)C1.Cl. The van der Waals surface area contributed by atoms with E-state index in [1.165, 1.54) is 0 Å². The molecule has 1 fully saturated rings. The van der Waals surface area contributed by atoms with Gasteiger partial charge in [0.25, 0.3) is 0 Å². The number of carbonyl (C=O) groups excluding carboxylic acids is 1. The molecule has 1 aliphatic heterocycles. The Morgan fingerprint density at radius 1 is 1.40 bits per heavy atom. The van der Waals surface area contributed by atoms with Crippen LogP contribution in [-0.4, -0.2) is 30.3 Å². The summed E-state index contributed by atoms with van der Waals surface area (Å²) in [6.45, 7) is 3.55. The van der Waals surface area contributed by atoms with Crippen molar-refractivity contribution < 1.29 is 14.2 Å². The molecule has 1 aromatic rings. The Hall–Kier alpha value is -1.10. The van der Waals surface area contributed by atoms with E-state index < -0.39 is 0 Å². The molecule has 20 heavy (non-hydrogen) atoms. The van der Waals surface area contributed by atoms with Crippen LogP contribution >= 0.6 is 12.4 Å². The Balaban J connectivity index is 0.00000200. The average molecular weight is 300 g/mol. The van der Waals surface area contributed by atoms with Crippen molar-refractivity contribution in [3.63, 3.8) is 0 Å². The summed E-state index contributed by atoms with van der Waals surface area (Å²) in [5.41, 5.74) is 1.03. The summed E-state index contributed by atoms with van der Waals surface area (Å²) < 4.78 is 4.73. The van der Waals surface area contributed by atoms with Gasteiger partial charge in [0, 0.05) is 5.56 Å². The number of hydroxylamine groups is 3. The number of rotatable bonds is 4. The second-order valence-electron chi connectivity index (χ2n) is 5.20. The van der Waals surface area contributed by atoms with E-state index in [1.807, 2.05) is 30.3 Å². The van der Waals surface area contributed by atoms with E-state index in [0.717, 1.165) is 18.4 Å². The summed E-state index contributed by atoms with van der Waals surface area (Å²) in [6, 6.07) is 9.75. The van der Waals surface area contributed by atoms with Gasteiger partial charge in [0.2, 0.25) is 0 Å². The molecule has 1 heterocycles. The van der Waals surface area contributed by atoms with E-state index in [2.05, 4.69) is 0 Å². The summed E-state index contributed by atoms with van der Waals surface area (Å²) in [5, 5.41) is 12.7. The number of likely N-dealkylation sites (tertiary alicyclic amines) is 1. The molecule has 0 aromatic heterocycles. The fourth-order valence-corrected chi connectivity index (χ4v) is 2.72. The van der Waals surface area contributed by atoms with Gasteiger partial charge in [-0.25, -0.2) is 0 Å². The summed E-state index contributed by atoms with van der Waals surface area (Å²) in [7, 11) is 0. The number of hydrogen-bond donors (Lipinski definition) is 0. The molecule has 0 N–H and O–H groups in total. The minimum absolute atomic E-state index is 0. The Morgan fingerprint density at radius 2 is 2.10 bits per heavy atom. The molecule has 1 saturated heterocycles. The van der Waals surface area contributed by atoms with Crippen molar-refractivity contribution in [3.8, 4) is 0 Å². The highest BCUT2D eigenvalue weighted by atomic mass is 35.5. The van der Waals surface area contributed by atoms with Gasteiger partial charge >= 0.3 is 5.97 Å². The number of esters is 1. The van der Waals surface area contributed by atoms with Gasteiger partial charge < -0.3 is 14.6 Å². The van der Waals surface area contributed by atoms with Crippen LogP contribution in [0.2, 0.25) is 0 Å². The number of halogens is 1. The highest BCUT2D eigenvalue weighted by molar-refractivity contribution is 5.85. The van der Waals surface area contributed by atoms with Crippen LogP contribution in [0.15, 0.2) is 30.3 Å². The van der Waals surface area contributed by atoms with E-state index in [9.17, 15) is 10.0 Å². The van der Waals surface area contributed by atoms with E-state index in [0.29, 0.717) is 26.2 Å². The molecule has 0 radical (unpaired) electrons. The summed E-state index contributed by atoms with van der Waals surface area (Å²) in [5.74, 6) is -0.455. The number of carbonyl (C=O) groups is 1. The summed E-state index contributed by atoms with van der Waals surface area (Å²) in [6.07, 6.45) is 1.57. The smallest absolute Gasteiger partial charge is 0.314 e. The zero-order valence-corrected chi connectivity index (χ0v) is 12.6. The molecule has 0 amide bonds. The molecule has 2 unspecified atom stereocenters. The van der Waals surface area contributed by atoms with Crippen molar-refractivity contribution in [2.45, 2.75) is 26.3 Å². The summed E-state index contributed by atoms with van der Waals surface area (Å²) in [4.78, 5) is 11.8. The zero-order chi connectivity index (χ0) is 13.7. The van der Waals surface area contributed by atoms with Crippen LogP contribution < -0.4 is 0 Å². The van der Waals surface area contributed by atoms with Crippen molar-refractivity contribution in [1.29, 1.82) is 0 Å². The second kappa shape index (κ2) is 7.62. The van der Waals surface area contributed by atoms with Crippen molar-refractivity contribution in [2.75, 3.05) is 19.7 Å². The molecular weight excluding hydrogens is 278 g/mol. The first-order chi connectivity index (χ1) is 9.13. The Labute approximate surface area is 126 Å². The van der Waals surface area contributed by atoms with Crippen molar-refractivity contribution in [1.82, 2.24) is 0 Å². The van der Waals surface area contributed by atoms with Gasteiger partial charge in [-0.3, -0.25) is 4.79 Å². The monoisotopic (exact) mass is 299 g/mol. The first kappa shape index (κ1) is 17.0. The topological polar surface area (TPSA) is 49.4 Å². The Kier molecular flexibility index (Phi) is 6.46. The predicted octanol–water partition coefficient (Wildman–Crippen LogP) is 2.90. The number of nitrogens with zero attached hydrogens (tertiary/aromatic N) is 1. The van der Waals surface area contributed by atoms with Crippen LogP contribution in [-0.2, 0) is 16.1 Å². The third-order valence-electron chi connectivity index (χ3n) is 3.60. The maximum absolute atomic E-state index is 12.7. The van der Waals surface area contributed by atoms with Crippen LogP contribution in [0.4, 0.5) is 0 Å². The number of quaternary nitrogens is 1. The molecule has 112 valence electrons. The fourth-order valence-electron chi connectivity index (χ4n) is 2.72. The fraction of sp³-hybridized carbons (Fsp3) is 0.533.